The van der Waals surface area contributed by atoms with E-state index >= 15 is 0 Å². The molecule has 0 bridgehead atoms. The second-order valence-corrected chi connectivity index (χ2v) is 39.0. The summed E-state index contributed by atoms with van der Waals surface area (Å²) in [5.74, 6) is 0.576. The second-order valence-electron chi connectivity index (χ2n) is 23.9. The van der Waals surface area contributed by atoms with Crippen molar-refractivity contribution in [1.82, 2.24) is 0 Å². The lowest BCUT2D eigenvalue weighted by atomic mass is 9.79. The number of aliphatic hydroxyl groups excluding tert-OH is 1. The number of fused-ring (bicyclic) bond motifs is 1. The van der Waals surface area contributed by atoms with Gasteiger partial charge in [-0.25, -0.2) is 26.3 Å². The summed E-state index contributed by atoms with van der Waals surface area (Å²) in [6, 6.07) is 44.2. The summed E-state index contributed by atoms with van der Waals surface area (Å²) in [5.41, 5.74) is 5.20. The van der Waals surface area contributed by atoms with Crippen LogP contribution < -0.4 is 29.1 Å². The van der Waals surface area contributed by atoms with Crippen LogP contribution in [0, 0.1) is 38.5 Å². The number of methoxy groups -OCH3 is 4. The summed E-state index contributed by atoms with van der Waals surface area (Å²) < 4.78 is 118. The average Bonchev–Trinajstić information content (AvgIpc) is 0.825. The van der Waals surface area contributed by atoms with E-state index in [0.717, 1.165) is 31.2 Å². The van der Waals surface area contributed by atoms with Crippen LogP contribution in [0.5, 0.6) is 34.5 Å². The van der Waals surface area contributed by atoms with Gasteiger partial charge in [0.1, 0.15) is 75.5 Å². The van der Waals surface area contributed by atoms with Crippen molar-refractivity contribution in [2.24, 2.45) is 0 Å². The Morgan fingerprint density at radius 3 is 1.19 bits per heavy atom. The molecule has 3 aliphatic heterocycles. The van der Waals surface area contributed by atoms with Crippen LogP contribution >= 0.6 is 237 Å². The van der Waals surface area contributed by atoms with E-state index in [1.807, 2.05) is 28.8 Å². The van der Waals surface area contributed by atoms with Crippen molar-refractivity contribution in [1.29, 1.82) is 0 Å². The fraction of sp³-hybridized carbons (Fsp3) is 0.224. The summed E-state index contributed by atoms with van der Waals surface area (Å²) in [5, 5.41) is 42.3. The molecule has 3 aliphatic rings. The lowest BCUT2D eigenvalue weighted by Gasteiger charge is -2.26. The Morgan fingerprint density at radius 2 is 0.820 bits per heavy atom. The molecule has 2 atom stereocenters. The first-order valence-corrected chi connectivity index (χ1v) is 46.5. The standard InChI is InChI=1S/C15H11Cl2FO2S.C14H11Cl2FOS.C13H8Cl2FIO.C13H9Cl2FOS.C13H9Cl2FO.C7H8BFO3.C4H8O.C3H5BrO.3CH4.BBr3/c16-11-2-1-3-12(17)14(11)10-4-8(18)5-13-15(10)20-9(6-19)7-21-13;1-18-14-9(6-8(17)7-12(14)19-2)13-10(15)4-3-5-11(13)16;1-18-13-8(5-7(16)6-11(13)17)12-9(14)3-2-4-10(12)15;1-18-11-6-7(16)5-8(13(11)17)12-9(14)3-2-4-10(12)15;1-17-12-6-5-8(16)7-9(12)13-10(14)3-2-4-11(13)15;1-12-7-3-2-5(9)4-6(7)8(10)11;1-2-4-5-3-1;4-1-3-2-5-3;;;;2-1(3)4/h1-5,9,19H,6-7H2;3-7H,1-2H3;2-6H,1H3;2-6,17H,1H3;2-7H,1H3;2-4,10-11H,1H3;1-4H2;3H,1-2H2;3*1H4;. The molecule has 2 unspecified atom stereocenters. The number of thioether (sulfide) groups is 3. The molecule has 2 saturated heterocycles. The smallest absolute Gasteiger partial charge is 0.492 e. The van der Waals surface area contributed by atoms with Crippen molar-refractivity contribution < 1.29 is 79.8 Å². The van der Waals surface area contributed by atoms with E-state index < -0.39 is 18.8 Å². The number of benzene rings is 11. The molecule has 122 heavy (non-hydrogen) atoms. The molecular formula is C85H81B2Br4Cl10F6IO11S3. The Balaban J connectivity index is 0.000000365. The highest BCUT2D eigenvalue weighted by Crippen LogP contribution is 2.50. The van der Waals surface area contributed by atoms with E-state index in [1.54, 1.807) is 110 Å². The number of epoxide rings is 1. The molecular weight excluding hydrogens is 2230 g/mol. The Hall–Kier alpha value is -3.67. The molecule has 0 aromatic heterocycles. The number of aromatic hydroxyl groups is 1. The van der Waals surface area contributed by atoms with Crippen LogP contribution in [0.15, 0.2) is 191 Å². The predicted molar refractivity (Wildman–Crippen MR) is 528 cm³/mol. The summed E-state index contributed by atoms with van der Waals surface area (Å²) in [7, 11) is 4.25. The van der Waals surface area contributed by atoms with Crippen LogP contribution in [-0.4, -0.2) is 121 Å². The molecule has 3 heterocycles. The zero-order valence-electron chi connectivity index (χ0n) is 63.0. The molecule has 11 aromatic rings. The fourth-order valence-corrected chi connectivity index (χ4v) is 17.0. The van der Waals surface area contributed by atoms with Gasteiger partial charge < -0.3 is 53.4 Å². The third-order valence-electron chi connectivity index (χ3n) is 16.0. The molecule has 37 heteroatoms. The van der Waals surface area contributed by atoms with Gasteiger partial charge in [0.15, 0.2) is 0 Å². The van der Waals surface area contributed by atoms with Gasteiger partial charge >= 0.3 is 10.3 Å². The topological polar surface area (TPSA) is 149 Å². The summed E-state index contributed by atoms with van der Waals surface area (Å²) in [6.07, 6.45) is 6.39. The van der Waals surface area contributed by atoms with Crippen LogP contribution in [0.2, 0.25) is 50.2 Å². The maximum absolute atomic E-state index is 13.9. The number of hydrogen-bond donors (Lipinski definition) is 4. The second kappa shape index (κ2) is 57.4. The van der Waals surface area contributed by atoms with E-state index in [1.165, 1.54) is 142 Å². The fourth-order valence-electron chi connectivity index (χ4n) is 10.7. The monoisotopic (exact) mass is 2300 g/mol. The number of rotatable bonds is 14. The molecule has 14 rings (SSSR count). The van der Waals surface area contributed by atoms with E-state index in [4.69, 9.17) is 159 Å². The third kappa shape index (κ3) is 34.0. The Morgan fingerprint density at radius 1 is 0.467 bits per heavy atom. The lowest BCUT2D eigenvalue weighted by Crippen LogP contribution is -2.31. The zero-order chi connectivity index (χ0) is 87.9. The number of alkyl halides is 1. The highest BCUT2D eigenvalue weighted by atomic mass is 127. The maximum atomic E-state index is 13.9. The van der Waals surface area contributed by atoms with Crippen LogP contribution in [-0.2, 0) is 9.47 Å². The zero-order valence-corrected chi connectivity index (χ0v) is 81.5. The highest BCUT2D eigenvalue weighted by molar-refractivity contribution is 14.1. The van der Waals surface area contributed by atoms with Gasteiger partial charge in [0.2, 0.25) is 0 Å². The highest BCUT2D eigenvalue weighted by Gasteiger charge is 2.28. The first-order valence-electron chi connectivity index (χ1n) is 34.4. The molecule has 0 aliphatic carbocycles. The van der Waals surface area contributed by atoms with Crippen molar-refractivity contribution in [2.45, 2.75) is 62.0 Å². The van der Waals surface area contributed by atoms with Gasteiger partial charge in [-0.05, 0) is 194 Å². The van der Waals surface area contributed by atoms with Gasteiger partial charge in [0, 0.05) is 85.4 Å². The van der Waals surface area contributed by atoms with Crippen molar-refractivity contribution >= 4 is 253 Å². The average molecular weight is 2310 g/mol. The SMILES string of the molecule is BrB(Br)Br.BrCC1CO1.C.C.C.C1CCOC1.COc1c(I)cc(F)cc1-c1c(Cl)cccc1Cl.COc1c(SC)cc(F)cc1-c1c(Cl)cccc1Cl.COc1ccc(F)cc1-c1c(Cl)cccc1Cl.COc1ccc(F)cc1B(O)O.CSc1cc(F)cc(-c2c(Cl)cccc2Cl)c1O.OCC1CSc2cc(F)cc(-c3c(Cl)cccc3Cl)c2O1. The number of aliphatic hydroxyl groups is 1. The van der Waals surface area contributed by atoms with E-state index in [0.29, 0.717) is 159 Å². The normalized spacial score (nSPS) is 12.7. The van der Waals surface area contributed by atoms with E-state index in [9.17, 15) is 36.6 Å². The van der Waals surface area contributed by atoms with Crippen molar-refractivity contribution in [3.8, 4) is 90.1 Å². The minimum absolute atomic E-state index is 0. The molecule has 658 valence electrons. The minimum atomic E-state index is -1.71. The summed E-state index contributed by atoms with van der Waals surface area (Å²) in [4.78, 5) is 1.83. The quantitative estimate of drug-likeness (QED) is 0.0204. The number of hydrogen-bond acceptors (Lipinski definition) is 14. The molecule has 2 fully saturated rings. The number of halogens is 21. The van der Waals surface area contributed by atoms with Crippen molar-refractivity contribution in [2.75, 3.05) is 78.5 Å². The maximum Gasteiger partial charge on any atom is 0.492 e. The Kier molecular flexibility index (Phi) is 52.9. The van der Waals surface area contributed by atoms with Crippen LogP contribution in [0.4, 0.5) is 26.3 Å². The largest absolute Gasteiger partial charge is 0.506 e. The molecule has 11 aromatic carbocycles. The van der Waals surface area contributed by atoms with E-state index in [2.05, 4.69) is 63.2 Å². The van der Waals surface area contributed by atoms with E-state index in [-0.39, 0.29) is 78.4 Å². The van der Waals surface area contributed by atoms with Crippen LogP contribution in [0.3, 0.4) is 0 Å². The molecule has 0 radical (unpaired) electrons. The van der Waals surface area contributed by atoms with Crippen molar-refractivity contribution in [3.05, 3.63) is 265 Å². The number of ether oxygens (including phenoxy) is 7. The van der Waals surface area contributed by atoms with Gasteiger partial charge in [0.05, 0.1) is 116 Å². The summed E-state index contributed by atoms with van der Waals surface area (Å²) in [6.45, 7) is 2.87. The van der Waals surface area contributed by atoms with Crippen LogP contribution in [0.1, 0.15) is 35.1 Å². The first-order chi connectivity index (χ1) is 56.7. The molecule has 0 saturated carbocycles. The van der Waals surface area contributed by atoms with Gasteiger partial charge in [-0.3, -0.25) is 0 Å². The van der Waals surface area contributed by atoms with Gasteiger partial charge in [0.25, 0.3) is 0 Å². The summed E-state index contributed by atoms with van der Waals surface area (Å²) >= 11 is 80.0. The Labute approximate surface area is 818 Å². The lowest BCUT2D eigenvalue weighted by molar-refractivity contribution is 0.127. The van der Waals surface area contributed by atoms with Gasteiger partial charge in [-0.15, -0.1) is 82.6 Å². The van der Waals surface area contributed by atoms with Gasteiger partial charge in [-0.1, -0.05) is 185 Å². The third-order valence-corrected chi connectivity index (χ3v) is 23.4. The first kappa shape index (κ1) is 113. The van der Waals surface area contributed by atoms with Gasteiger partial charge in [-0.2, -0.15) is 0 Å². The molecule has 4 N–H and O–H groups in total. The number of phenolic OH excluding ortho intramolecular Hbond substituents is 1. The minimum Gasteiger partial charge on any atom is -0.506 e. The Bertz CT molecular complexity index is 5090. The number of phenols is 1. The molecule has 0 amide bonds. The van der Waals surface area contributed by atoms with Crippen molar-refractivity contribution in [3.63, 3.8) is 0 Å². The van der Waals surface area contributed by atoms with Crippen LogP contribution in [0.25, 0.3) is 55.6 Å². The molecule has 11 nitrogen and oxygen atoms in total. The molecule has 0 spiro atoms. The predicted octanol–water partition coefficient (Wildman–Crippen LogP) is 30.8.